The number of benzene rings is 2. The minimum absolute atomic E-state index is 0.132. The highest BCUT2D eigenvalue weighted by molar-refractivity contribution is 9.10. The van der Waals surface area contributed by atoms with E-state index in [-0.39, 0.29) is 10.8 Å². The van der Waals surface area contributed by atoms with E-state index >= 15 is 0 Å². The van der Waals surface area contributed by atoms with Crippen LogP contribution in [0.25, 0.3) is 0 Å². The minimum Gasteiger partial charge on any atom is -0.322 e. The van der Waals surface area contributed by atoms with Gasteiger partial charge in [-0.15, -0.1) is 0 Å². The van der Waals surface area contributed by atoms with Crippen LogP contribution in [0.5, 0.6) is 0 Å². The number of carbonyl (C=O) groups excluding carboxylic acids is 1. The van der Waals surface area contributed by atoms with E-state index in [0.29, 0.717) is 34.7 Å². The summed E-state index contributed by atoms with van der Waals surface area (Å²) in [7, 11) is -3.64. The molecule has 5 nitrogen and oxygen atoms in total. The van der Waals surface area contributed by atoms with Crippen molar-refractivity contribution < 1.29 is 13.2 Å². The van der Waals surface area contributed by atoms with Crippen molar-refractivity contribution in [3.05, 3.63) is 58.6 Å². The van der Waals surface area contributed by atoms with Gasteiger partial charge in [-0.3, -0.25) is 4.79 Å². The van der Waals surface area contributed by atoms with E-state index in [4.69, 9.17) is 0 Å². The van der Waals surface area contributed by atoms with Gasteiger partial charge in [0.15, 0.2) is 0 Å². The summed E-state index contributed by atoms with van der Waals surface area (Å²) in [6.07, 6.45) is 1.70. The van der Waals surface area contributed by atoms with E-state index in [0.717, 1.165) is 12.8 Å². The molecule has 2 aromatic carbocycles. The van der Waals surface area contributed by atoms with E-state index in [1.165, 1.54) is 10.4 Å². The lowest BCUT2D eigenvalue weighted by Gasteiger charge is -2.29. The summed E-state index contributed by atoms with van der Waals surface area (Å²) in [6, 6.07) is 13.7. The molecule has 1 heterocycles. The second kappa shape index (κ2) is 7.90. The predicted octanol–water partition coefficient (Wildman–Crippen LogP) is 4.12. The first-order chi connectivity index (χ1) is 12.4. The molecule has 1 aliphatic heterocycles. The molecule has 0 aromatic heterocycles. The van der Waals surface area contributed by atoms with Crippen molar-refractivity contribution in [1.82, 2.24) is 4.31 Å². The zero-order valence-corrected chi connectivity index (χ0v) is 16.9. The molecule has 1 amide bonds. The Morgan fingerprint density at radius 2 is 1.77 bits per heavy atom. The lowest BCUT2D eigenvalue weighted by molar-refractivity contribution is 0.102. The Morgan fingerprint density at radius 3 is 2.42 bits per heavy atom. The van der Waals surface area contributed by atoms with Crippen LogP contribution in [0.2, 0.25) is 0 Å². The zero-order chi connectivity index (χ0) is 18.7. The molecule has 0 unspecified atom stereocenters. The summed E-state index contributed by atoms with van der Waals surface area (Å²) in [4.78, 5) is 12.6. The third-order valence-corrected chi connectivity index (χ3v) is 7.48. The summed E-state index contributed by atoms with van der Waals surface area (Å²) < 4.78 is 28.0. The Balaban J connectivity index is 1.86. The Labute approximate surface area is 162 Å². The van der Waals surface area contributed by atoms with Crippen LogP contribution in [-0.4, -0.2) is 31.7 Å². The number of hydrogen-bond acceptors (Lipinski definition) is 3. The molecule has 0 saturated carbocycles. The quantitative estimate of drug-likeness (QED) is 0.783. The number of sulfonamides is 1. The first-order valence-electron chi connectivity index (χ1n) is 8.54. The average molecular weight is 437 g/mol. The van der Waals surface area contributed by atoms with Crippen molar-refractivity contribution in [2.45, 2.75) is 24.7 Å². The van der Waals surface area contributed by atoms with Gasteiger partial charge < -0.3 is 5.32 Å². The van der Waals surface area contributed by atoms with E-state index in [2.05, 4.69) is 28.2 Å². The van der Waals surface area contributed by atoms with Gasteiger partial charge in [0.05, 0.1) is 4.90 Å². The average Bonchev–Trinajstić information content (AvgIpc) is 2.63. The third kappa shape index (κ3) is 4.16. The summed E-state index contributed by atoms with van der Waals surface area (Å²) in [5.41, 5.74) is 0.968. The molecule has 3 rings (SSSR count). The molecule has 1 aliphatic rings. The molecule has 0 atom stereocenters. The van der Waals surface area contributed by atoms with Crippen LogP contribution in [-0.2, 0) is 10.0 Å². The molecule has 0 spiro atoms. The van der Waals surface area contributed by atoms with Crippen molar-refractivity contribution in [1.29, 1.82) is 0 Å². The Morgan fingerprint density at radius 1 is 1.12 bits per heavy atom. The minimum atomic E-state index is -3.64. The standard InChI is InChI=1S/C19H21BrN2O3S/c1-14-9-11-22(12-10-14)26(24,25)18-13-15(7-8-17(18)20)19(23)21-16-5-3-2-4-6-16/h2-8,13-14H,9-12H2,1H3,(H,21,23). The first kappa shape index (κ1) is 19.1. The van der Waals surface area contributed by atoms with Crippen molar-refractivity contribution in [3.63, 3.8) is 0 Å². The normalized spacial score (nSPS) is 16.4. The summed E-state index contributed by atoms with van der Waals surface area (Å²) in [6.45, 7) is 3.15. The highest BCUT2D eigenvalue weighted by atomic mass is 79.9. The Bertz CT molecular complexity index is 892. The van der Waals surface area contributed by atoms with Crippen molar-refractivity contribution >= 4 is 37.5 Å². The summed E-state index contributed by atoms with van der Waals surface area (Å²) in [5.74, 6) is 0.195. The second-order valence-electron chi connectivity index (χ2n) is 6.55. The number of anilines is 1. The molecule has 0 radical (unpaired) electrons. The van der Waals surface area contributed by atoms with E-state index in [1.54, 1.807) is 24.3 Å². The molecule has 1 fully saturated rings. The number of amides is 1. The molecule has 0 aliphatic carbocycles. The molecule has 138 valence electrons. The third-order valence-electron chi connectivity index (χ3n) is 4.59. The van der Waals surface area contributed by atoms with Crippen LogP contribution in [0.15, 0.2) is 57.9 Å². The van der Waals surface area contributed by atoms with Crippen LogP contribution in [0, 0.1) is 5.92 Å². The van der Waals surface area contributed by atoms with Crippen molar-refractivity contribution in [2.75, 3.05) is 18.4 Å². The van der Waals surface area contributed by atoms with Gasteiger partial charge in [0.25, 0.3) is 5.91 Å². The summed E-state index contributed by atoms with van der Waals surface area (Å²) >= 11 is 3.32. The van der Waals surface area contributed by atoms with Gasteiger partial charge in [0, 0.05) is 28.8 Å². The maximum atomic E-state index is 13.0. The van der Waals surface area contributed by atoms with Gasteiger partial charge in [0.1, 0.15) is 0 Å². The number of piperidine rings is 1. The summed E-state index contributed by atoms with van der Waals surface area (Å²) in [5, 5.41) is 2.78. The SMILES string of the molecule is CC1CCN(S(=O)(=O)c2cc(C(=O)Nc3ccccc3)ccc2Br)CC1. The predicted molar refractivity (Wildman–Crippen MR) is 106 cm³/mol. The number of nitrogens with zero attached hydrogens (tertiary/aromatic N) is 1. The number of halogens is 1. The number of nitrogens with one attached hydrogen (secondary N) is 1. The first-order valence-corrected chi connectivity index (χ1v) is 10.8. The number of carbonyl (C=O) groups is 1. The number of para-hydroxylation sites is 1. The lowest BCUT2D eigenvalue weighted by Crippen LogP contribution is -2.38. The molecule has 1 N–H and O–H groups in total. The van der Waals surface area contributed by atoms with Gasteiger partial charge in [0.2, 0.25) is 10.0 Å². The van der Waals surface area contributed by atoms with E-state index < -0.39 is 10.0 Å². The smallest absolute Gasteiger partial charge is 0.255 e. The monoisotopic (exact) mass is 436 g/mol. The van der Waals surface area contributed by atoms with E-state index in [1.807, 2.05) is 18.2 Å². The van der Waals surface area contributed by atoms with Crippen LogP contribution in [0.3, 0.4) is 0 Å². The number of hydrogen-bond donors (Lipinski definition) is 1. The maximum absolute atomic E-state index is 13.0. The van der Waals surface area contributed by atoms with Gasteiger partial charge in [-0.05, 0) is 65.0 Å². The highest BCUT2D eigenvalue weighted by Gasteiger charge is 2.30. The fourth-order valence-corrected chi connectivity index (χ4v) is 5.35. The molecule has 7 heteroatoms. The highest BCUT2D eigenvalue weighted by Crippen LogP contribution is 2.29. The van der Waals surface area contributed by atoms with Gasteiger partial charge in [-0.1, -0.05) is 25.1 Å². The molecular formula is C19H21BrN2O3S. The van der Waals surface area contributed by atoms with Crippen LogP contribution < -0.4 is 5.32 Å². The van der Waals surface area contributed by atoms with Gasteiger partial charge >= 0.3 is 0 Å². The van der Waals surface area contributed by atoms with Crippen molar-refractivity contribution in [2.24, 2.45) is 5.92 Å². The Hall–Kier alpha value is -1.70. The molecule has 26 heavy (non-hydrogen) atoms. The van der Waals surface area contributed by atoms with Gasteiger partial charge in [-0.2, -0.15) is 4.31 Å². The molecule has 1 saturated heterocycles. The molecule has 2 aromatic rings. The second-order valence-corrected chi connectivity index (χ2v) is 9.31. The Kier molecular flexibility index (Phi) is 5.79. The largest absolute Gasteiger partial charge is 0.322 e. The molecular weight excluding hydrogens is 416 g/mol. The number of rotatable bonds is 4. The fourth-order valence-electron chi connectivity index (χ4n) is 2.93. The topological polar surface area (TPSA) is 66.5 Å². The van der Waals surface area contributed by atoms with Crippen molar-refractivity contribution in [3.8, 4) is 0 Å². The van der Waals surface area contributed by atoms with E-state index in [9.17, 15) is 13.2 Å². The van der Waals surface area contributed by atoms with Crippen LogP contribution in [0.1, 0.15) is 30.1 Å². The zero-order valence-electron chi connectivity index (χ0n) is 14.5. The van der Waals surface area contributed by atoms with Crippen LogP contribution in [0.4, 0.5) is 5.69 Å². The maximum Gasteiger partial charge on any atom is 0.255 e. The van der Waals surface area contributed by atoms with Crippen LogP contribution >= 0.6 is 15.9 Å². The van der Waals surface area contributed by atoms with Gasteiger partial charge in [-0.25, -0.2) is 8.42 Å². The molecule has 0 bridgehead atoms. The fraction of sp³-hybridized carbons (Fsp3) is 0.316. The lowest BCUT2D eigenvalue weighted by atomic mass is 10.0.